The zero-order valence-electron chi connectivity index (χ0n) is 8.21. The number of nitrogens with one attached hydrogen (secondary N) is 1. The Morgan fingerprint density at radius 3 is 3.07 bits per heavy atom. The third-order valence-corrected chi connectivity index (χ3v) is 2.62. The van der Waals surface area contributed by atoms with Gasteiger partial charge in [0.15, 0.2) is 0 Å². The number of rotatable bonds is 2. The van der Waals surface area contributed by atoms with Gasteiger partial charge in [-0.15, -0.1) is 0 Å². The maximum absolute atomic E-state index is 11.5. The number of fused-ring (bicyclic) bond motifs is 1. The molecule has 5 heteroatoms. The molecule has 1 amide bonds. The van der Waals surface area contributed by atoms with Gasteiger partial charge >= 0.3 is 0 Å². The van der Waals surface area contributed by atoms with Crippen molar-refractivity contribution in [1.82, 2.24) is 15.2 Å². The van der Waals surface area contributed by atoms with Crippen molar-refractivity contribution < 1.29 is 4.79 Å². The van der Waals surface area contributed by atoms with Gasteiger partial charge in [-0.25, -0.2) is 5.84 Å². The summed E-state index contributed by atoms with van der Waals surface area (Å²) in [6.07, 6.45) is 3.01. The van der Waals surface area contributed by atoms with Crippen LogP contribution in [-0.4, -0.2) is 15.7 Å². The lowest BCUT2D eigenvalue weighted by Crippen LogP contribution is -2.32. The summed E-state index contributed by atoms with van der Waals surface area (Å²) in [4.78, 5) is 11.5. The van der Waals surface area contributed by atoms with E-state index in [0.29, 0.717) is 12.2 Å². The van der Waals surface area contributed by atoms with Crippen molar-refractivity contribution in [2.45, 2.75) is 32.7 Å². The summed E-state index contributed by atoms with van der Waals surface area (Å²) in [5.41, 5.74) is 4.95. The number of hydrogen-bond acceptors (Lipinski definition) is 3. The van der Waals surface area contributed by atoms with E-state index in [1.165, 1.54) is 0 Å². The standard InChI is InChI=1S/C9H14N4O/c1-2-13-8(9(14)11-10)6-4-3-5-7(6)12-13/h2-5,10H2,1H3,(H,11,14). The van der Waals surface area contributed by atoms with Crippen LogP contribution in [0.4, 0.5) is 0 Å². The number of hydrazine groups is 1. The van der Waals surface area contributed by atoms with Crippen LogP contribution in [0.1, 0.15) is 35.1 Å². The molecule has 1 aromatic heterocycles. The van der Waals surface area contributed by atoms with Gasteiger partial charge in [-0.2, -0.15) is 5.10 Å². The Morgan fingerprint density at radius 1 is 1.64 bits per heavy atom. The Bertz CT molecular complexity index is 369. The number of aromatic nitrogens is 2. The number of nitrogen functional groups attached to an aromatic ring is 1. The number of nitrogens with two attached hydrogens (primary N) is 1. The number of carbonyl (C=O) groups excluding carboxylic acids is 1. The molecular formula is C9H14N4O. The van der Waals surface area contributed by atoms with E-state index in [1.54, 1.807) is 4.68 Å². The Morgan fingerprint density at radius 2 is 2.43 bits per heavy atom. The van der Waals surface area contributed by atoms with Gasteiger partial charge in [0.2, 0.25) is 0 Å². The summed E-state index contributed by atoms with van der Waals surface area (Å²) in [5.74, 6) is 4.91. The van der Waals surface area contributed by atoms with E-state index in [9.17, 15) is 4.79 Å². The molecule has 1 aliphatic carbocycles. The highest BCUT2D eigenvalue weighted by atomic mass is 16.2. The molecule has 0 atom stereocenters. The lowest BCUT2D eigenvalue weighted by atomic mass is 10.2. The van der Waals surface area contributed by atoms with Gasteiger partial charge in [0.25, 0.3) is 5.91 Å². The van der Waals surface area contributed by atoms with Crippen LogP contribution in [0.25, 0.3) is 0 Å². The molecule has 0 saturated carbocycles. The van der Waals surface area contributed by atoms with Crippen LogP contribution >= 0.6 is 0 Å². The first-order valence-corrected chi connectivity index (χ1v) is 4.87. The lowest BCUT2D eigenvalue weighted by Gasteiger charge is -2.04. The highest BCUT2D eigenvalue weighted by Crippen LogP contribution is 2.24. The molecule has 0 unspecified atom stereocenters. The predicted molar refractivity (Wildman–Crippen MR) is 51.6 cm³/mol. The minimum Gasteiger partial charge on any atom is -0.289 e. The molecule has 1 heterocycles. The van der Waals surface area contributed by atoms with E-state index < -0.39 is 0 Å². The van der Waals surface area contributed by atoms with Crippen molar-refractivity contribution in [2.75, 3.05) is 0 Å². The zero-order chi connectivity index (χ0) is 10.1. The molecule has 3 N–H and O–H groups in total. The van der Waals surface area contributed by atoms with Gasteiger partial charge in [0.1, 0.15) is 5.69 Å². The van der Waals surface area contributed by atoms with Crippen molar-refractivity contribution in [3.8, 4) is 0 Å². The lowest BCUT2D eigenvalue weighted by molar-refractivity contribution is 0.0942. The summed E-state index contributed by atoms with van der Waals surface area (Å²) in [5, 5.41) is 4.38. The molecule has 1 aliphatic rings. The van der Waals surface area contributed by atoms with Crippen molar-refractivity contribution in [3.05, 3.63) is 17.0 Å². The number of hydrogen-bond donors (Lipinski definition) is 2. The van der Waals surface area contributed by atoms with E-state index in [2.05, 4.69) is 10.5 Å². The fourth-order valence-electron chi connectivity index (χ4n) is 2.00. The second-order valence-electron chi connectivity index (χ2n) is 3.42. The molecule has 0 aliphatic heterocycles. The summed E-state index contributed by atoms with van der Waals surface area (Å²) in [6.45, 7) is 2.67. The minimum absolute atomic E-state index is 0.234. The number of aryl methyl sites for hydroxylation is 2. The topological polar surface area (TPSA) is 72.9 Å². The molecule has 0 saturated heterocycles. The second-order valence-corrected chi connectivity index (χ2v) is 3.42. The summed E-state index contributed by atoms with van der Waals surface area (Å²) in [7, 11) is 0. The van der Waals surface area contributed by atoms with Gasteiger partial charge in [-0.05, 0) is 26.2 Å². The first-order chi connectivity index (χ1) is 6.77. The normalized spacial score (nSPS) is 14.1. The molecule has 14 heavy (non-hydrogen) atoms. The molecular weight excluding hydrogens is 180 g/mol. The Balaban J connectivity index is 2.49. The van der Waals surface area contributed by atoms with Crippen LogP contribution in [0.3, 0.4) is 0 Å². The minimum atomic E-state index is -0.234. The van der Waals surface area contributed by atoms with Crippen LogP contribution in [0.15, 0.2) is 0 Å². The molecule has 0 bridgehead atoms. The molecule has 1 aromatic rings. The fourth-order valence-corrected chi connectivity index (χ4v) is 2.00. The summed E-state index contributed by atoms with van der Waals surface area (Å²) in [6, 6.07) is 0. The van der Waals surface area contributed by atoms with Crippen molar-refractivity contribution in [3.63, 3.8) is 0 Å². The van der Waals surface area contributed by atoms with Crippen molar-refractivity contribution >= 4 is 5.91 Å². The van der Waals surface area contributed by atoms with E-state index in [4.69, 9.17) is 5.84 Å². The molecule has 0 fully saturated rings. The van der Waals surface area contributed by atoms with Crippen molar-refractivity contribution in [2.24, 2.45) is 5.84 Å². The Hall–Kier alpha value is -1.36. The van der Waals surface area contributed by atoms with Crippen LogP contribution in [0.2, 0.25) is 0 Å². The zero-order valence-corrected chi connectivity index (χ0v) is 8.21. The van der Waals surface area contributed by atoms with Crippen LogP contribution < -0.4 is 11.3 Å². The quantitative estimate of drug-likeness (QED) is 0.395. The maximum atomic E-state index is 11.5. The van der Waals surface area contributed by atoms with Crippen molar-refractivity contribution in [1.29, 1.82) is 0 Å². The average molecular weight is 194 g/mol. The van der Waals surface area contributed by atoms with Crippen LogP contribution in [-0.2, 0) is 19.4 Å². The third-order valence-electron chi connectivity index (χ3n) is 2.62. The van der Waals surface area contributed by atoms with E-state index >= 15 is 0 Å². The molecule has 2 rings (SSSR count). The molecule has 76 valence electrons. The van der Waals surface area contributed by atoms with E-state index in [1.807, 2.05) is 6.92 Å². The number of nitrogens with zero attached hydrogens (tertiary/aromatic N) is 2. The second kappa shape index (κ2) is 3.42. The highest BCUT2D eigenvalue weighted by molar-refractivity contribution is 5.94. The predicted octanol–water partition coefficient (Wildman–Crippen LogP) is -0.00480. The van der Waals surface area contributed by atoms with Gasteiger partial charge in [0, 0.05) is 12.1 Å². The third kappa shape index (κ3) is 1.21. The molecule has 5 nitrogen and oxygen atoms in total. The fraction of sp³-hybridized carbons (Fsp3) is 0.556. The first-order valence-electron chi connectivity index (χ1n) is 4.87. The summed E-state index contributed by atoms with van der Waals surface area (Å²) < 4.78 is 1.73. The Kier molecular flexibility index (Phi) is 2.25. The number of amides is 1. The van der Waals surface area contributed by atoms with Crippen LogP contribution in [0.5, 0.6) is 0 Å². The van der Waals surface area contributed by atoms with Crippen LogP contribution in [0, 0.1) is 0 Å². The Labute approximate surface area is 82.2 Å². The molecule has 0 radical (unpaired) electrons. The number of carbonyl (C=O) groups is 1. The monoisotopic (exact) mass is 194 g/mol. The molecule has 0 spiro atoms. The first kappa shape index (κ1) is 9.21. The average Bonchev–Trinajstić information content (AvgIpc) is 2.74. The SMILES string of the molecule is CCn1nc2c(c1C(=O)NN)CCC2. The maximum Gasteiger partial charge on any atom is 0.283 e. The smallest absolute Gasteiger partial charge is 0.283 e. The highest BCUT2D eigenvalue weighted by Gasteiger charge is 2.25. The largest absolute Gasteiger partial charge is 0.289 e. The van der Waals surface area contributed by atoms with Gasteiger partial charge < -0.3 is 0 Å². The van der Waals surface area contributed by atoms with Gasteiger partial charge in [-0.3, -0.25) is 14.9 Å². The van der Waals surface area contributed by atoms with Gasteiger partial charge in [0.05, 0.1) is 5.69 Å². The summed E-state index contributed by atoms with van der Waals surface area (Å²) >= 11 is 0. The molecule has 0 aromatic carbocycles. The van der Waals surface area contributed by atoms with E-state index in [0.717, 1.165) is 30.5 Å². The van der Waals surface area contributed by atoms with Gasteiger partial charge in [-0.1, -0.05) is 0 Å². The van der Waals surface area contributed by atoms with E-state index in [-0.39, 0.29) is 5.91 Å².